The number of likely N-dealkylation sites (N-methyl/N-ethyl adjacent to an activating group) is 1. The molecule has 0 saturated carbocycles. The van der Waals surface area contributed by atoms with E-state index in [1.165, 1.54) is 6.07 Å². The second-order valence-corrected chi connectivity index (χ2v) is 8.67. The first-order valence-corrected chi connectivity index (χ1v) is 10.2. The van der Waals surface area contributed by atoms with Gasteiger partial charge in [-0.1, -0.05) is 41.4 Å². The number of nitrogens with one attached hydrogen (secondary N) is 2. The van der Waals surface area contributed by atoms with E-state index in [0.29, 0.717) is 16.6 Å². The Bertz CT molecular complexity index is 885. The third-order valence-corrected chi connectivity index (χ3v) is 5.41. The van der Waals surface area contributed by atoms with Gasteiger partial charge in [0.25, 0.3) is 5.91 Å². The number of amides is 1. The second-order valence-electron chi connectivity index (χ2n) is 5.88. The normalized spacial score (nSPS) is 12.6. The Morgan fingerprint density at radius 3 is 2.44 bits per heavy atom. The Labute approximate surface area is 157 Å². The highest BCUT2D eigenvalue weighted by Gasteiger charge is 2.17. The van der Waals surface area contributed by atoms with Crippen LogP contribution in [0.4, 0.5) is 5.69 Å². The van der Waals surface area contributed by atoms with Gasteiger partial charge in [0.1, 0.15) is 6.54 Å². The van der Waals surface area contributed by atoms with Gasteiger partial charge in [0.15, 0.2) is 16.4 Å². The van der Waals surface area contributed by atoms with Crippen LogP contribution in [0.15, 0.2) is 47.4 Å². The van der Waals surface area contributed by atoms with Crippen molar-refractivity contribution in [1.82, 2.24) is 0 Å². The summed E-state index contributed by atoms with van der Waals surface area (Å²) in [6.45, 7) is 0.760. The molecule has 0 spiro atoms. The molecule has 25 heavy (non-hydrogen) atoms. The van der Waals surface area contributed by atoms with Crippen LogP contribution in [-0.2, 0) is 21.2 Å². The minimum atomic E-state index is -3.41. The molecule has 0 radical (unpaired) electrons. The molecule has 2 N–H and O–H groups in total. The third kappa shape index (κ3) is 5.71. The molecule has 2 aromatic carbocycles. The molecule has 1 atom stereocenters. The second kappa shape index (κ2) is 8.19. The number of benzene rings is 2. The first kappa shape index (κ1) is 19.7. The monoisotopic (exact) mass is 401 g/mol. The Morgan fingerprint density at radius 1 is 1.12 bits per heavy atom. The number of carbonyl (C=O) groups is 1. The van der Waals surface area contributed by atoms with E-state index >= 15 is 0 Å². The summed E-state index contributed by atoms with van der Waals surface area (Å²) in [6.07, 6.45) is 1.11. The molecule has 0 aliphatic carbocycles. The lowest BCUT2D eigenvalue weighted by molar-refractivity contribution is -0.885. The summed E-state index contributed by atoms with van der Waals surface area (Å²) in [5.74, 6) is -0.270. The van der Waals surface area contributed by atoms with E-state index in [1.54, 1.807) is 30.3 Å². The highest BCUT2D eigenvalue weighted by atomic mass is 35.5. The molecule has 1 amide bonds. The lowest BCUT2D eigenvalue weighted by atomic mass is 10.2. The van der Waals surface area contributed by atoms with E-state index < -0.39 is 9.84 Å². The number of hydrogen-bond donors (Lipinski definition) is 2. The van der Waals surface area contributed by atoms with Crippen LogP contribution in [0.2, 0.25) is 10.0 Å². The Morgan fingerprint density at radius 2 is 1.80 bits per heavy atom. The van der Waals surface area contributed by atoms with Crippen molar-refractivity contribution in [2.75, 3.05) is 25.2 Å². The predicted molar refractivity (Wildman–Crippen MR) is 100 cm³/mol. The number of rotatable bonds is 6. The fourth-order valence-corrected chi connectivity index (χ4v) is 3.59. The Balaban J connectivity index is 2.02. The fourth-order valence-electron chi connectivity index (χ4n) is 2.42. The fraction of sp³-hybridized carbons (Fsp3) is 0.235. The molecule has 0 fully saturated rings. The minimum absolute atomic E-state index is 0.102. The van der Waals surface area contributed by atoms with E-state index in [0.717, 1.165) is 16.7 Å². The predicted octanol–water partition coefficient (Wildman–Crippen LogP) is 2.05. The smallest absolute Gasteiger partial charge is 0.279 e. The van der Waals surface area contributed by atoms with Crippen LogP contribution >= 0.6 is 23.2 Å². The van der Waals surface area contributed by atoms with Crippen molar-refractivity contribution in [2.24, 2.45) is 0 Å². The van der Waals surface area contributed by atoms with Crippen molar-refractivity contribution in [2.45, 2.75) is 11.4 Å². The third-order valence-electron chi connectivity index (χ3n) is 3.51. The average molecular weight is 402 g/mol. The average Bonchev–Trinajstić information content (AvgIpc) is 2.50. The Kier molecular flexibility index (Phi) is 6.46. The molecular weight excluding hydrogens is 383 g/mol. The van der Waals surface area contributed by atoms with Crippen LogP contribution < -0.4 is 10.2 Å². The van der Waals surface area contributed by atoms with E-state index in [-0.39, 0.29) is 23.0 Å². The molecule has 0 aromatic heterocycles. The van der Waals surface area contributed by atoms with Crippen molar-refractivity contribution < 1.29 is 18.1 Å². The van der Waals surface area contributed by atoms with Gasteiger partial charge in [0, 0.05) is 11.8 Å². The minimum Gasteiger partial charge on any atom is -0.326 e. The van der Waals surface area contributed by atoms with E-state index in [4.69, 9.17) is 23.2 Å². The van der Waals surface area contributed by atoms with Gasteiger partial charge < -0.3 is 10.2 Å². The molecule has 134 valence electrons. The van der Waals surface area contributed by atoms with Crippen LogP contribution in [0.3, 0.4) is 0 Å². The maximum Gasteiger partial charge on any atom is 0.279 e. The topological polar surface area (TPSA) is 67.7 Å². The number of para-hydroxylation sites is 1. The van der Waals surface area contributed by atoms with Gasteiger partial charge in [-0.3, -0.25) is 4.79 Å². The maximum absolute atomic E-state index is 12.2. The molecule has 2 rings (SSSR count). The van der Waals surface area contributed by atoms with Crippen LogP contribution in [0.5, 0.6) is 0 Å². The molecule has 0 saturated heterocycles. The Hall–Kier alpha value is -1.60. The number of halogens is 2. The summed E-state index contributed by atoms with van der Waals surface area (Å²) in [6, 6.07) is 11.7. The number of carbonyl (C=O) groups excluding carboxylic acids is 1. The van der Waals surface area contributed by atoms with Gasteiger partial charge in [-0.2, -0.15) is 0 Å². The maximum atomic E-state index is 12.2. The number of sulfone groups is 1. The summed E-state index contributed by atoms with van der Waals surface area (Å²) >= 11 is 11.9. The van der Waals surface area contributed by atoms with Gasteiger partial charge >= 0.3 is 0 Å². The highest BCUT2D eigenvalue weighted by Crippen LogP contribution is 2.22. The van der Waals surface area contributed by atoms with Gasteiger partial charge in [-0.15, -0.1) is 0 Å². The first-order valence-electron chi connectivity index (χ1n) is 7.51. The van der Waals surface area contributed by atoms with Crippen molar-refractivity contribution >= 4 is 44.6 Å². The van der Waals surface area contributed by atoms with Crippen LogP contribution in [0.25, 0.3) is 0 Å². The molecule has 0 aliphatic heterocycles. The van der Waals surface area contributed by atoms with Crippen LogP contribution in [0, 0.1) is 0 Å². The van der Waals surface area contributed by atoms with E-state index in [9.17, 15) is 13.2 Å². The van der Waals surface area contributed by atoms with Crippen molar-refractivity contribution in [1.29, 1.82) is 0 Å². The van der Waals surface area contributed by atoms with Crippen LogP contribution in [-0.4, -0.2) is 34.2 Å². The first-order chi connectivity index (χ1) is 11.7. The summed E-state index contributed by atoms with van der Waals surface area (Å²) < 4.78 is 23.6. The molecule has 5 nitrogen and oxygen atoms in total. The number of hydrogen-bond acceptors (Lipinski definition) is 3. The highest BCUT2D eigenvalue weighted by molar-refractivity contribution is 7.90. The van der Waals surface area contributed by atoms with Crippen molar-refractivity contribution in [3.05, 3.63) is 58.1 Å². The molecule has 0 heterocycles. The van der Waals surface area contributed by atoms with Crippen molar-refractivity contribution in [3.63, 3.8) is 0 Å². The number of quaternary nitrogens is 1. The molecule has 0 aliphatic rings. The molecule has 2 aromatic rings. The zero-order valence-corrected chi connectivity index (χ0v) is 16.2. The molecule has 0 bridgehead atoms. The molecular formula is C17H19Cl2N2O3S+. The largest absolute Gasteiger partial charge is 0.326 e. The van der Waals surface area contributed by atoms with Crippen LogP contribution in [0.1, 0.15) is 5.56 Å². The SMILES string of the molecule is C[NH+](CC(=O)Nc1ccccc1S(C)(=O)=O)Cc1ccc(Cl)c(Cl)c1. The quantitative estimate of drug-likeness (QED) is 0.777. The van der Waals surface area contributed by atoms with Gasteiger partial charge in [0.05, 0.1) is 27.7 Å². The van der Waals surface area contributed by atoms with E-state index in [1.807, 2.05) is 13.1 Å². The summed E-state index contributed by atoms with van der Waals surface area (Å²) in [5, 5.41) is 3.62. The number of anilines is 1. The van der Waals surface area contributed by atoms with Gasteiger partial charge in [-0.25, -0.2) is 8.42 Å². The lowest BCUT2D eigenvalue weighted by Gasteiger charge is -2.15. The zero-order chi connectivity index (χ0) is 18.6. The van der Waals surface area contributed by atoms with Crippen molar-refractivity contribution in [3.8, 4) is 0 Å². The summed E-state index contributed by atoms with van der Waals surface area (Å²) in [4.78, 5) is 13.3. The lowest BCUT2D eigenvalue weighted by Crippen LogP contribution is -3.08. The van der Waals surface area contributed by atoms with E-state index in [2.05, 4.69) is 5.32 Å². The standard InChI is InChI=1S/C17H18Cl2N2O3S/c1-21(10-12-7-8-13(18)14(19)9-12)11-17(22)20-15-5-3-4-6-16(15)25(2,23)24/h3-9H,10-11H2,1-2H3,(H,20,22)/p+1. The van der Waals surface area contributed by atoms with Gasteiger partial charge in [-0.05, 0) is 24.3 Å². The molecule has 8 heteroatoms. The molecule has 1 unspecified atom stereocenters. The summed E-state index contributed by atoms with van der Waals surface area (Å²) in [7, 11) is -1.55. The van der Waals surface area contributed by atoms with Gasteiger partial charge in [0.2, 0.25) is 0 Å². The summed E-state index contributed by atoms with van der Waals surface area (Å²) in [5.41, 5.74) is 1.24. The zero-order valence-electron chi connectivity index (χ0n) is 13.8.